The summed E-state index contributed by atoms with van der Waals surface area (Å²) in [5, 5.41) is 0. The van der Waals surface area contributed by atoms with Gasteiger partial charge in [0.1, 0.15) is 0 Å². The minimum absolute atomic E-state index is 0.189. The second kappa shape index (κ2) is 8.24. The number of hydrogen-bond acceptors (Lipinski definition) is 3. The molecule has 1 amide bonds. The topological polar surface area (TPSA) is 46.1 Å². The van der Waals surface area contributed by atoms with Crippen molar-refractivity contribution in [1.82, 2.24) is 14.9 Å². The number of hydrogen-bond donors (Lipinski definition) is 0. The summed E-state index contributed by atoms with van der Waals surface area (Å²) in [7, 11) is 0. The van der Waals surface area contributed by atoms with E-state index in [1.807, 2.05) is 11.8 Å². The standard InChI is InChI=1S/C14H19N3O/c1-3-11-17(14(18)4-2)12-6-5-8-13-15-9-7-10-16-13/h7,9-10H,3-4,6,11-12H2,1-2H3. The molecule has 0 N–H and O–H groups in total. The molecule has 0 radical (unpaired) electrons. The maximum Gasteiger partial charge on any atom is 0.222 e. The Labute approximate surface area is 108 Å². The van der Waals surface area contributed by atoms with E-state index >= 15 is 0 Å². The van der Waals surface area contributed by atoms with Crippen LogP contribution in [-0.2, 0) is 4.79 Å². The average molecular weight is 245 g/mol. The smallest absolute Gasteiger partial charge is 0.222 e. The van der Waals surface area contributed by atoms with Crippen molar-refractivity contribution in [3.63, 3.8) is 0 Å². The Balaban J connectivity index is 2.44. The predicted molar refractivity (Wildman–Crippen MR) is 70.7 cm³/mol. The van der Waals surface area contributed by atoms with Crippen molar-refractivity contribution in [2.45, 2.75) is 33.1 Å². The number of carbonyl (C=O) groups is 1. The van der Waals surface area contributed by atoms with Gasteiger partial charge in [0.15, 0.2) is 0 Å². The Hall–Kier alpha value is -1.89. The number of rotatable bonds is 5. The van der Waals surface area contributed by atoms with E-state index in [1.54, 1.807) is 18.5 Å². The first-order chi connectivity index (χ1) is 8.77. The van der Waals surface area contributed by atoms with E-state index in [0.29, 0.717) is 25.2 Å². The largest absolute Gasteiger partial charge is 0.342 e. The molecule has 0 saturated heterocycles. The summed E-state index contributed by atoms with van der Waals surface area (Å²) in [6, 6.07) is 1.76. The first-order valence-corrected chi connectivity index (χ1v) is 6.31. The molecule has 4 nitrogen and oxygen atoms in total. The molecule has 0 bridgehead atoms. The van der Waals surface area contributed by atoms with Crippen LogP contribution < -0.4 is 0 Å². The van der Waals surface area contributed by atoms with Gasteiger partial charge in [0.2, 0.25) is 11.7 Å². The summed E-state index contributed by atoms with van der Waals surface area (Å²) in [6.07, 6.45) is 5.52. The summed E-state index contributed by atoms with van der Waals surface area (Å²) >= 11 is 0. The summed E-state index contributed by atoms with van der Waals surface area (Å²) in [5.41, 5.74) is 0. The second-order valence-electron chi connectivity index (χ2n) is 3.86. The van der Waals surface area contributed by atoms with Crippen LogP contribution in [0, 0.1) is 11.8 Å². The van der Waals surface area contributed by atoms with Crippen LogP contribution in [0.2, 0.25) is 0 Å². The van der Waals surface area contributed by atoms with Gasteiger partial charge in [-0.1, -0.05) is 19.8 Å². The first-order valence-electron chi connectivity index (χ1n) is 6.31. The molecule has 1 aromatic heterocycles. The lowest BCUT2D eigenvalue weighted by molar-refractivity contribution is -0.130. The van der Waals surface area contributed by atoms with Gasteiger partial charge >= 0.3 is 0 Å². The third-order valence-corrected chi connectivity index (χ3v) is 2.42. The highest BCUT2D eigenvalue weighted by atomic mass is 16.2. The minimum Gasteiger partial charge on any atom is -0.342 e. The molecule has 0 unspecified atom stereocenters. The van der Waals surface area contributed by atoms with Crippen LogP contribution in [0.3, 0.4) is 0 Å². The van der Waals surface area contributed by atoms with Gasteiger partial charge in [0.05, 0.1) is 0 Å². The Morgan fingerprint density at radius 2 is 2.00 bits per heavy atom. The number of nitrogens with zero attached hydrogens (tertiary/aromatic N) is 3. The van der Waals surface area contributed by atoms with Gasteiger partial charge < -0.3 is 4.90 Å². The maximum atomic E-state index is 11.6. The molecule has 0 aromatic carbocycles. The highest BCUT2D eigenvalue weighted by molar-refractivity contribution is 5.75. The zero-order valence-electron chi connectivity index (χ0n) is 11.0. The molecule has 1 aromatic rings. The first kappa shape index (κ1) is 14.2. The normalized spacial score (nSPS) is 9.44. The molecule has 18 heavy (non-hydrogen) atoms. The van der Waals surface area contributed by atoms with Crippen LogP contribution in [0.5, 0.6) is 0 Å². The molecule has 0 spiro atoms. The van der Waals surface area contributed by atoms with Crippen LogP contribution >= 0.6 is 0 Å². The molecular weight excluding hydrogens is 226 g/mol. The summed E-state index contributed by atoms with van der Waals surface area (Å²) in [6.45, 7) is 5.43. The van der Waals surface area contributed by atoms with Crippen molar-refractivity contribution < 1.29 is 4.79 Å². The van der Waals surface area contributed by atoms with Crippen molar-refractivity contribution in [3.8, 4) is 11.8 Å². The van der Waals surface area contributed by atoms with Gasteiger partial charge in [0.25, 0.3) is 0 Å². The van der Waals surface area contributed by atoms with Crippen LogP contribution in [0.1, 0.15) is 38.9 Å². The monoisotopic (exact) mass is 245 g/mol. The highest BCUT2D eigenvalue weighted by Gasteiger charge is 2.08. The SMILES string of the molecule is CCCN(CCC#Cc1ncccn1)C(=O)CC. The van der Waals surface area contributed by atoms with Crippen LogP contribution in [-0.4, -0.2) is 33.9 Å². The van der Waals surface area contributed by atoms with Crippen molar-refractivity contribution in [2.24, 2.45) is 0 Å². The van der Waals surface area contributed by atoms with E-state index in [2.05, 4.69) is 28.7 Å². The molecule has 0 aliphatic carbocycles. The highest BCUT2D eigenvalue weighted by Crippen LogP contribution is 1.98. The minimum atomic E-state index is 0.189. The lowest BCUT2D eigenvalue weighted by Gasteiger charge is -2.20. The van der Waals surface area contributed by atoms with Crippen LogP contribution in [0.25, 0.3) is 0 Å². The fourth-order valence-corrected chi connectivity index (χ4v) is 1.55. The maximum absolute atomic E-state index is 11.6. The zero-order chi connectivity index (χ0) is 13.2. The van der Waals surface area contributed by atoms with Crippen LogP contribution in [0.4, 0.5) is 0 Å². The number of aromatic nitrogens is 2. The Bertz CT molecular complexity index is 420. The molecule has 1 rings (SSSR count). The fourth-order valence-electron chi connectivity index (χ4n) is 1.55. The molecule has 0 fully saturated rings. The average Bonchev–Trinajstić information content (AvgIpc) is 2.42. The fraction of sp³-hybridized carbons (Fsp3) is 0.500. The van der Waals surface area contributed by atoms with Gasteiger partial charge in [-0.2, -0.15) is 0 Å². The third-order valence-electron chi connectivity index (χ3n) is 2.42. The Morgan fingerprint density at radius 1 is 1.28 bits per heavy atom. The van der Waals surface area contributed by atoms with Gasteiger partial charge in [-0.25, -0.2) is 9.97 Å². The van der Waals surface area contributed by atoms with Crippen LogP contribution in [0.15, 0.2) is 18.5 Å². The number of amides is 1. The second-order valence-corrected chi connectivity index (χ2v) is 3.86. The Kier molecular flexibility index (Phi) is 6.49. The molecule has 1 heterocycles. The molecule has 0 aliphatic heterocycles. The van der Waals surface area contributed by atoms with E-state index in [4.69, 9.17) is 0 Å². The van der Waals surface area contributed by atoms with Gasteiger partial charge in [-0.15, -0.1) is 0 Å². The molecule has 0 saturated carbocycles. The van der Waals surface area contributed by atoms with Crippen molar-refractivity contribution in [1.29, 1.82) is 0 Å². The molecule has 0 atom stereocenters. The lowest BCUT2D eigenvalue weighted by atomic mass is 10.3. The molecule has 96 valence electrons. The van der Waals surface area contributed by atoms with E-state index in [0.717, 1.165) is 13.0 Å². The lowest BCUT2D eigenvalue weighted by Crippen LogP contribution is -2.31. The number of carbonyl (C=O) groups excluding carboxylic acids is 1. The molecular formula is C14H19N3O. The van der Waals surface area contributed by atoms with E-state index < -0.39 is 0 Å². The van der Waals surface area contributed by atoms with Crippen molar-refractivity contribution in [2.75, 3.05) is 13.1 Å². The molecule has 0 aliphatic rings. The van der Waals surface area contributed by atoms with Gasteiger partial charge in [0, 0.05) is 38.3 Å². The predicted octanol–water partition coefficient (Wildman–Crippen LogP) is 1.87. The van der Waals surface area contributed by atoms with Gasteiger partial charge in [-0.3, -0.25) is 4.79 Å². The quantitative estimate of drug-likeness (QED) is 0.744. The summed E-state index contributed by atoms with van der Waals surface area (Å²) in [4.78, 5) is 21.5. The van der Waals surface area contributed by atoms with E-state index in [-0.39, 0.29) is 5.91 Å². The molecule has 4 heteroatoms. The van der Waals surface area contributed by atoms with Gasteiger partial charge in [-0.05, 0) is 18.4 Å². The van der Waals surface area contributed by atoms with E-state index in [9.17, 15) is 4.79 Å². The van der Waals surface area contributed by atoms with Crippen molar-refractivity contribution >= 4 is 5.91 Å². The summed E-state index contributed by atoms with van der Waals surface area (Å²) in [5.74, 6) is 6.61. The Morgan fingerprint density at radius 3 is 2.61 bits per heavy atom. The third kappa shape index (κ3) is 4.96. The zero-order valence-corrected chi connectivity index (χ0v) is 11.0. The summed E-state index contributed by atoms with van der Waals surface area (Å²) < 4.78 is 0. The van der Waals surface area contributed by atoms with Crippen molar-refractivity contribution in [3.05, 3.63) is 24.3 Å². The van der Waals surface area contributed by atoms with E-state index in [1.165, 1.54) is 0 Å².